The molecule has 0 fully saturated rings. The number of benzene rings is 2. The summed E-state index contributed by atoms with van der Waals surface area (Å²) in [6.45, 7) is 0.00145. The average molecular weight is 375 g/mol. The van der Waals surface area contributed by atoms with Crippen LogP contribution >= 0.6 is 0 Å². The molecular weight excluding hydrogens is 354 g/mol. The van der Waals surface area contributed by atoms with Gasteiger partial charge < -0.3 is 10.1 Å². The third-order valence-electron chi connectivity index (χ3n) is 3.42. The number of ether oxygens (including phenoxy) is 1. The van der Waals surface area contributed by atoms with E-state index in [-0.39, 0.29) is 12.5 Å². The molecule has 0 aliphatic rings. The molecule has 0 saturated carbocycles. The predicted molar refractivity (Wildman–Crippen MR) is 101 cm³/mol. The van der Waals surface area contributed by atoms with Crippen LogP contribution in [0.25, 0.3) is 0 Å². The first-order chi connectivity index (χ1) is 12.5. The van der Waals surface area contributed by atoms with Crippen molar-refractivity contribution in [3.63, 3.8) is 0 Å². The first kappa shape index (κ1) is 19.5. The molecule has 1 atom stereocenters. The second-order valence-electron chi connectivity index (χ2n) is 5.50. The first-order valence-electron chi connectivity index (χ1n) is 7.84. The van der Waals surface area contributed by atoms with Gasteiger partial charge in [0.1, 0.15) is 5.75 Å². The van der Waals surface area contributed by atoms with Gasteiger partial charge in [-0.1, -0.05) is 12.1 Å². The molecule has 0 bridgehead atoms. The van der Waals surface area contributed by atoms with Gasteiger partial charge in [-0.3, -0.25) is 24.6 Å². The third-order valence-corrected chi connectivity index (χ3v) is 4.16. The van der Waals surface area contributed by atoms with E-state index in [1.165, 1.54) is 0 Å². The van der Waals surface area contributed by atoms with Crippen LogP contribution in [0, 0.1) is 0 Å². The van der Waals surface area contributed by atoms with E-state index >= 15 is 0 Å². The Hall–Kier alpha value is -2.87. The minimum absolute atomic E-state index is 0.00145. The van der Waals surface area contributed by atoms with E-state index in [0.717, 1.165) is 17.0 Å². The molecule has 138 valence electrons. The maximum absolute atomic E-state index is 12.1. The highest BCUT2D eigenvalue weighted by Gasteiger charge is 2.08. The van der Waals surface area contributed by atoms with Gasteiger partial charge in [-0.15, -0.1) is 0 Å². The Bertz CT molecular complexity index is 793. The summed E-state index contributed by atoms with van der Waals surface area (Å²) in [5.74, 6) is 0.270. The highest BCUT2D eigenvalue weighted by Crippen LogP contribution is 2.14. The van der Waals surface area contributed by atoms with Gasteiger partial charge in [0.15, 0.2) is 0 Å². The van der Waals surface area contributed by atoms with Crippen LogP contribution in [-0.4, -0.2) is 35.9 Å². The molecular formula is C18H21N3O4S. The molecule has 7 nitrogen and oxygen atoms in total. The van der Waals surface area contributed by atoms with Crippen molar-refractivity contribution in [3.8, 4) is 5.75 Å². The summed E-state index contributed by atoms with van der Waals surface area (Å²) in [5, 5.41) is 2.94. The van der Waals surface area contributed by atoms with Crippen LogP contribution in [0.4, 0.5) is 5.69 Å². The molecule has 3 N–H and O–H groups in total. The number of methoxy groups -OCH3 is 1. The van der Waals surface area contributed by atoms with E-state index in [1.54, 1.807) is 61.9 Å². The molecule has 26 heavy (non-hydrogen) atoms. The number of hydrazine groups is 1. The van der Waals surface area contributed by atoms with Crippen LogP contribution in [-0.2, 0) is 21.3 Å². The Kier molecular flexibility index (Phi) is 7.16. The Morgan fingerprint density at radius 1 is 1.08 bits per heavy atom. The number of nitrogens with one attached hydrogen (secondary N) is 3. The standard InChI is InChI=1S/C18H21N3O4S/c1-25-16-8-6-15(7-9-16)19-11-17(22)20-21-18(23)14-5-3-4-13(10-14)12-26(2)24/h3-10,19H,11-12H2,1-2H3,(H,20,22)(H,21,23). The van der Waals surface area contributed by atoms with Crippen LogP contribution in [0.5, 0.6) is 5.75 Å². The topological polar surface area (TPSA) is 96.5 Å². The molecule has 8 heteroatoms. The summed E-state index contributed by atoms with van der Waals surface area (Å²) < 4.78 is 16.3. The molecule has 0 saturated heterocycles. The van der Waals surface area contributed by atoms with E-state index in [9.17, 15) is 13.8 Å². The number of anilines is 1. The van der Waals surface area contributed by atoms with Crippen LogP contribution in [0.3, 0.4) is 0 Å². The quantitative estimate of drug-likeness (QED) is 0.637. The molecule has 0 aliphatic heterocycles. The van der Waals surface area contributed by atoms with Crippen LogP contribution in [0.2, 0.25) is 0 Å². The highest BCUT2D eigenvalue weighted by atomic mass is 32.2. The monoisotopic (exact) mass is 375 g/mol. The van der Waals surface area contributed by atoms with Crippen molar-refractivity contribution in [3.05, 3.63) is 59.7 Å². The van der Waals surface area contributed by atoms with Crippen molar-refractivity contribution in [1.82, 2.24) is 10.9 Å². The zero-order valence-electron chi connectivity index (χ0n) is 14.6. The lowest BCUT2D eigenvalue weighted by molar-refractivity contribution is -0.120. The number of carbonyl (C=O) groups is 2. The minimum atomic E-state index is -0.990. The fourth-order valence-corrected chi connectivity index (χ4v) is 2.82. The van der Waals surface area contributed by atoms with E-state index < -0.39 is 16.7 Å². The Morgan fingerprint density at radius 3 is 2.46 bits per heavy atom. The van der Waals surface area contributed by atoms with Gasteiger partial charge in [0, 0.05) is 34.1 Å². The van der Waals surface area contributed by atoms with Gasteiger partial charge in [0.25, 0.3) is 11.8 Å². The fraction of sp³-hybridized carbons (Fsp3) is 0.222. The van der Waals surface area contributed by atoms with E-state index in [0.29, 0.717) is 11.3 Å². The molecule has 0 radical (unpaired) electrons. The molecule has 0 aromatic heterocycles. The first-order valence-corrected chi connectivity index (χ1v) is 9.56. The Labute approximate surface area is 154 Å². The van der Waals surface area contributed by atoms with Crippen LogP contribution < -0.4 is 20.9 Å². The summed E-state index contributed by atoms with van der Waals surface area (Å²) >= 11 is 0. The average Bonchev–Trinajstić information content (AvgIpc) is 2.64. The van der Waals surface area contributed by atoms with E-state index in [4.69, 9.17) is 4.74 Å². The summed E-state index contributed by atoms with van der Waals surface area (Å²) in [4.78, 5) is 23.9. The van der Waals surface area contributed by atoms with E-state index in [2.05, 4.69) is 16.2 Å². The molecule has 2 aromatic rings. The van der Waals surface area contributed by atoms with Crippen molar-refractivity contribution in [2.45, 2.75) is 5.75 Å². The number of hydrogen-bond acceptors (Lipinski definition) is 5. The maximum Gasteiger partial charge on any atom is 0.269 e. The largest absolute Gasteiger partial charge is 0.497 e. The lowest BCUT2D eigenvalue weighted by Crippen LogP contribution is -2.44. The lowest BCUT2D eigenvalue weighted by Gasteiger charge is -2.10. The lowest BCUT2D eigenvalue weighted by atomic mass is 10.1. The van der Waals surface area contributed by atoms with Gasteiger partial charge in [0.2, 0.25) is 0 Å². The van der Waals surface area contributed by atoms with Gasteiger partial charge in [-0.05, 0) is 42.0 Å². The zero-order valence-corrected chi connectivity index (χ0v) is 15.4. The molecule has 2 aromatic carbocycles. The van der Waals surface area contributed by atoms with Crippen molar-refractivity contribution in [2.24, 2.45) is 0 Å². The fourth-order valence-electron chi connectivity index (χ4n) is 2.17. The Balaban J connectivity index is 1.80. The summed E-state index contributed by atoms with van der Waals surface area (Å²) in [6, 6.07) is 13.9. The highest BCUT2D eigenvalue weighted by molar-refractivity contribution is 7.83. The molecule has 0 heterocycles. The zero-order chi connectivity index (χ0) is 18.9. The molecule has 1 unspecified atom stereocenters. The van der Waals surface area contributed by atoms with Crippen molar-refractivity contribution >= 4 is 28.3 Å². The minimum Gasteiger partial charge on any atom is -0.497 e. The van der Waals surface area contributed by atoms with Crippen LogP contribution in [0.1, 0.15) is 15.9 Å². The van der Waals surface area contributed by atoms with Gasteiger partial charge in [-0.2, -0.15) is 0 Å². The smallest absolute Gasteiger partial charge is 0.269 e. The second-order valence-corrected chi connectivity index (χ2v) is 6.94. The second kappa shape index (κ2) is 9.57. The predicted octanol–water partition coefficient (Wildman–Crippen LogP) is 1.45. The van der Waals surface area contributed by atoms with Crippen molar-refractivity contribution in [2.75, 3.05) is 25.2 Å². The molecule has 2 rings (SSSR count). The van der Waals surface area contributed by atoms with Crippen molar-refractivity contribution in [1.29, 1.82) is 0 Å². The summed E-state index contributed by atoms with van der Waals surface area (Å²) in [7, 11) is 0.589. The molecule has 0 aliphatic carbocycles. The third kappa shape index (κ3) is 6.21. The molecule has 2 amide bonds. The molecule has 0 spiro atoms. The summed E-state index contributed by atoms with van der Waals surface area (Å²) in [6.07, 6.45) is 1.60. The van der Waals surface area contributed by atoms with Gasteiger partial charge >= 0.3 is 0 Å². The number of amides is 2. The van der Waals surface area contributed by atoms with Crippen LogP contribution in [0.15, 0.2) is 48.5 Å². The van der Waals surface area contributed by atoms with Gasteiger partial charge in [-0.25, -0.2) is 0 Å². The number of rotatable bonds is 7. The van der Waals surface area contributed by atoms with Gasteiger partial charge in [0.05, 0.1) is 13.7 Å². The Morgan fingerprint density at radius 2 is 1.81 bits per heavy atom. The maximum atomic E-state index is 12.1. The number of carbonyl (C=O) groups excluding carboxylic acids is 2. The number of hydrogen-bond donors (Lipinski definition) is 3. The van der Waals surface area contributed by atoms with E-state index in [1.807, 2.05) is 0 Å². The normalized spacial score (nSPS) is 11.3. The van der Waals surface area contributed by atoms with Crippen molar-refractivity contribution < 1.29 is 18.5 Å². The SMILES string of the molecule is COc1ccc(NCC(=O)NNC(=O)c2cccc(CS(C)=O)c2)cc1. The summed E-state index contributed by atoms with van der Waals surface area (Å²) in [5.41, 5.74) is 6.65.